The van der Waals surface area contributed by atoms with Gasteiger partial charge in [-0.15, -0.1) is 11.3 Å². The number of anilines is 6. The quantitative estimate of drug-likeness (QED) is 0.155. The number of nitrogens with zero attached hydrogens (tertiary/aromatic N) is 4. The summed E-state index contributed by atoms with van der Waals surface area (Å²) in [5, 5.41) is 1.36. The van der Waals surface area contributed by atoms with Gasteiger partial charge in [-0.25, -0.2) is 0 Å². The minimum absolute atomic E-state index is 0.0145. The summed E-state index contributed by atoms with van der Waals surface area (Å²) in [5.41, 5.74) is 9.02. The standard InChI is InChI=1S/C88H58B2N4OS/c1-88(2,3)57-49-76-81-77(50-57)94(83-59(54-26-9-5-10-27-54)34-21-35-60(83)55-28-11-6-12-29-55)75-51-58(91-71-39-17-13-30-61(71)62-31-14-18-40-72(62)91)45-47-67(75)89(81)70-52-78-82-86(85(70)93(76)74-42-23-37-66-64-33-16-20-43-80(64)96-87(66)74)95-79-48-56(53-24-7-4-8-25-53)44-46-68(79)90(82)69-38-22-36-65-63-32-15-19-41-73(63)92(78)84(65)69/h4-52H,1-3H3/i13D,14D,15D,17D,18D,19D,22D,30D,31D,32D,36D,38D,39D,40D,41D,45D,47D,51D. The van der Waals surface area contributed by atoms with Gasteiger partial charge in [0.1, 0.15) is 11.5 Å². The van der Waals surface area contributed by atoms with Gasteiger partial charge < -0.3 is 23.7 Å². The van der Waals surface area contributed by atoms with E-state index in [-0.39, 0.29) is 72.0 Å². The SMILES string of the molecule is [2H]c1c([2H])c(-n2c3c([2H])c([2H])c([2H])c([2H])c3c3c([2H])c([2H])c([2H])c([2H])c32)c([2H])c2c1B1c3cc4c5c(c3N(c3cccc6c3sc3ccccc36)c3cc(C(C)(C)C)cc(c31)N2c1c(-c2ccccc2)cccc1-c1ccccc1)Oc1cc(-c2ccccc2)ccc1B5c1c([2H])c([2H])c([2H])c2c3c([2H])c([2H])c([2H])c([2H])c3n-4c12. The average Bonchev–Trinajstić information content (AvgIpc) is 1.26. The molecule has 0 saturated carbocycles. The Bertz CT molecular complexity index is 7200. The molecule has 0 spiro atoms. The summed E-state index contributed by atoms with van der Waals surface area (Å²) in [6, 6.07) is 51.5. The summed E-state index contributed by atoms with van der Waals surface area (Å²) in [6.07, 6.45) is 0. The lowest BCUT2D eigenvalue weighted by Gasteiger charge is -2.47. The molecule has 96 heavy (non-hydrogen) atoms. The summed E-state index contributed by atoms with van der Waals surface area (Å²) >= 11 is 1.60. The second-order valence-corrected chi connectivity index (χ2v) is 27.1. The van der Waals surface area contributed by atoms with Crippen molar-refractivity contribution in [3.05, 3.63) is 302 Å². The number of rotatable bonds is 6. The predicted molar refractivity (Wildman–Crippen MR) is 408 cm³/mol. The molecule has 4 aliphatic heterocycles. The minimum atomic E-state index is -1.28. The molecule has 0 saturated heterocycles. The summed E-state index contributed by atoms with van der Waals surface area (Å²) in [5.74, 6) is 0.597. The van der Waals surface area contributed by atoms with Crippen molar-refractivity contribution < 1.29 is 29.4 Å². The molecule has 4 aliphatic rings. The Hall–Kier alpha value is -11.6. The zero-order valence-electron chi connectivity index (χ0n) is 69.7. The molecule has 8 heteroatoms. The van der Waals surface area contributed by atoms with Crippen LogP contribution in [0.3, 0.4) is 0 Å². The van der Waals surface area contributed by atoms with E-state index in [0.717, 1.165) is 52.6 Å². The van der Waals surface area contributed by atoms with Crippen LogP contribution in [0.15, 0.2) is 297 Å². The molecule has 0 amide bonds. The van der Waals surface area contributed by atoms with Crippen molar-refractivity contribution in [1.82, 2.24) is 9.13 Å². The summed E-state index contributed by atoms with van der Waals surface area (Å²) < 4.78 is 191. The lowest BCUT2D eigenvalue weighted by molar-refractivity contribution is 0.489. The molecule has 0 aliphatic carbocycles. The molecule has 0 atom stereocenters. The second-order valence-electron chi connectivity index (χ2n) is 26.0. The molecule has 448 valence electrons. The van der Waals surface area contributed by atoms with Gasteiger partial charge in [0.2, 0.25) is 0 Å². The van der Waals surface area contributed by atoms with Gasteiger partial charge in [0.15, 0.2) is 0 Å². The van der Waals surface area contributed by atoms with Crippen LogP contribution < -0.4 is 47.3 Å². The molecular weight excluding hydrogens is 1180 g/mol. The molecule has 0 radical (unpaired) electrons. The van der Waals surface area contributed by atoms with Gasteiger partial charge in [-0.05, 0) is 133 Å². The second kappa shape index (κ2) is 20.0. The molecule has 17 aromatic rings. The highest BCUT2D eigenvalue weighted by Gasteiger charge is 2.51. The maximum absolute atomic E-state index is 11.7. The summed E-state index contributed by atoms with van der Waals surface area (Å²) in [6.45, 7) is 4.04. The van der Waals surface area contributed by atoms with Crippen molar-refractivity contribution in [3.8, 4) is 56.3 Å². The number of thiophene rings is 1. The number of ether oxygens (including phenoxy) is 1. The third-order valence-electron chi connectivity index (χ3n) is 19.9. The van der Waals surface area contributed by atoms with Crippen LogP contribution in [-0.4, -0.2) is 22.6 Å². The van der Waals surface area contributed by atoms with Gasteiger partial charge >= 0.3 is 0 Å². The van der Waals surface area contributed by atoms with Crippen molar-refractivity contribution in [1.29, 1.82) is 0 Å². The maximum Gasteiger partial charge on any atom is 0.256 e. The molecular formula is C88H58B2N4OS. The molecule has 0 fully saturated rings. The minimum Gasteiger partial charge on any atom is -0.456 e. The molecule has 0 unspecified atom stereocenters. The van der Waals surface area contributed by atoms with Gasteiger partial charge in [0, 0.05) is 82.1 Å². The van der Waals surface area contributed by atoms with Crippen LogP contribution in [0, 0.1) is 0 Å². The Morgan fingerprint density at radius 3 is 1.67 bits per heavy atom. The Morgan fingerprint density at radius 2 is 0.979 bits per heavy atom. The predicted octanol–water partition coefficient (Wildman–Crippen LogP) is 19.6. The van der Waals surface area contributed by atoms with E-state index in [9.17, 15) is 21.9 Å². The highest BCUT2D eigenvalue weighted by Crippen LogP contribution is 2.56. The van der Waals surface area contributed by atoms with Gasteiger partial charge in [-0.3, -0.25) is 0 Å². The molecule has 21 rings (SSSR count). The van der Waals surface area contributed by atoms with Crippen molar-refractivity contribution in [2.45, 2.75) is 26.2 Å². The Kier molecular flexibility index (Phi) is 8.16. The van der Waals surface area contributed by atoms with Gasteiger partial charge in [0.25, 0.3) is 13.4 Å². The van der Waals surface area contributed by atoms with Crippen LogP contribution in [0.1, 0.15) is 51.0 Å². The highest BCUT2D eigenvalue weighted by atomic mass is 32.1. The number of para-hydroxylation sites is 5. The third-order valence-corrected chi connectivity index (χ3v) is 21.2. The van der Waals surface area contributed by atoms with Crippen molar-refractivity contribution >= 4 is 155 Å². The lowest BCUT2D eigenvalue weighted by atomic mass is 9.31. The zero-order valence-corrected chi connectivity index (χ0v) is 52.5. The first-order valence-electron chi connectivity index (χ1n) is 41.0. The highest BCUT2D eigenvalue weighted by molar-refractivity contribution is 7.26. The van der Waals surface area contributed by atoms with Crippen molar-refractivity contribution in [2.24, 2.45) is 0 Å². The maximum atomic E-state index is 11.7. The van der Waals surface area contributed by atoms with E-state index in [2.05, 4.69) is 62.1 Å². The number of fused-ring (bicyclic) bond motifs is 18. The topological polar surface area (TPSA) is 25.6 Å². The number of hydrogen-bond donors (Lipinski definition) is 0. The largest absolute Gasteiger partial charge is 0.456 e. The zero-order chi connectivity index (χ0) is 78.9. The molecule has 14 aromatic carbocycles. The number of hydrogen-bond acceptors (Lipinski definition) is 4. The van der Waals surface area contributed by atoms with Crippen LogP contribution in [0.25, 0.3) is 109 Å². The van der Waals surface area contributed by atoms with Gasteiger partial charge in [0.05, 0.1) is 63.0 Å². The van der Waals surface area contributed by atoms with Crippen LogP contribution in [0.4, 0.5) is 34.1 Å². The third kappa shape index (κ3) is 7.47. The molecule has 0 N–H and O–H groups in total. The normalized spacial score (nSPS) is 16.0. The average molecular weight is 1260 g/mol. The Balaban J connectivity index is 1.01. The van der Waals surface area contributed by atoms with Crippen LogP contribution in [0.5, 0.6) is 11.5 Å². The Labute approximate surface area is 586 Å². The molecule has 3 aromatic heterocycles. The van der Waals surface area contributed by atoms with E-state index < -0.39 is 127 Å². The van der Waals surface area contributed by atoms with E-state index in [1.807, 2.05) is 157 Å². The van der Waals surface area contributed by atoms with Crippen LogP contribution >= 0.6 is 11.3 Å². The molecule has 0 bridgehead atoms. The fourth-order valence-electron chi connectivity index (χ4n) is 15.8. The summed E-state index contributed by atoms with van der Waals surface area (Å²) in [7, 11) is 0. The van der Waals surface area contributed by atoms with Crippen molar-refractivity contribution in [3.63, 3.8) is 0 Å². The summed E-state index contributed by atoms with van der Waals surface area (Å²) in [4.78, 5) is 4.21. The Morgan fingerprint density at radius 1 is 0.396 bits per heavy atom. The first-order chi connectivity index (χ1) is 54.8. The van der Waals surface area contributed by atoms with E-state index in [1.54, 1.807) is 15.9 Å². The van der Waals surface area contributed by atoms with E-state index in [0.29, 0.717) is 72.9 Å². The van der Waals surface area contributed by atoms with Crippen molar-refractivity contribution in [2.75, 3.05) is 9.80 Å². The number of benzene rings is 14. The molecule has 7 heterocycles. The first kappa shape index (κ1) is 39.2. The van der Waals surface area contributed by atoms with Crippen LogP contribution in [-0.2, 0) is 5.41 Å². The van der Waals surface area contributed by atoms with E-state index >= 15 is 0 Å². The monoisotopic (exact) mass is 1260 g/mol. The molecule has 5 nitrogen and oxygen atoms in total. The number of aromatic nitrogens is 2. The van der Waals surface area contributed by atoms with Crippen LogP contribution in [0.2, 0.25) is 0 Å². The van der Waals surface area contributed by atoms with Gasteiger partial charge in [-0.2, -0.15) is 0 Å². The lowest BCUT2D eigenvalue weighted by Crippen LogP contribution is -2.64. The van der Waals surface area contributed by atoms with Gasteiger partial charge in [-0.1, -0.05) is 251 Å². The fourth-order valence-corrected chi connectivity index (χ4v) is 17.0. The fraction of sp³-hybridized carbons (Fsp3) is 0.0455. The van der Waals surface area contributed by atoms with E-state index in [4.69, 9.17) is 7.48 Å². The first-order valence-corrected chi connectivity index (χ1v) is 32.8. The van der Waals surface area contributed by atoms with E-state index in [1.165, 1.54) is 0 Å². The smallest absolute Gasteiger partial charge is 0.256 e.